The maximum atomic E-state index is 11.8. The van der Waals surface area contributed by atoms with Crippen molar-refractivity contribution in [2.45, 2.75) is 0 Å². The molecule has 0 aliphatic heterocycles. The first-order valence-electron chi connectivity index (χ1n) is 7.41. The Balaban J connectivity index is 1.59. The first kappa shape index (κ1) is 16.2. The molecule has 24 heavy (non-hydrogen) atoms. The molecule has 0 atom stereocenters. The van der Waals surface area contributed by atoms with Crippen molar-refractivity contribution < 1.29 is 9.53 Å². The average molecular weight is 383 g/mol. The average Bonchev–Trinajstić information content (AvgIpc) is 2.61. The molecule has 0 fully saturated rings. The summed E-state index contributed by atoms with van der Waals surface area (Å²) in [5.74, 6) is 0.299. The highest BCUT2D eigenvalue weighted by Gasteiger charge is 2.04. The predicted molar refractivity (Wildman–Crippen MR) is 99.3 cm³/mol. The van der Waals surface area contributed by atoms with Crippen molar-refractivity contribution in [3.05, 3.63) is 76.8 Å². The molecule has 5 heteroatoms. The van der Waals surface area contributed by atoms with Crippen LogP contribution in [0.15, 0.2) is 76.3 Å². The van der Waals surface area contributed by atoms with E-state index in [0.29, 0.717) is 5.75 Å². The first-order valence-corrected chi connectivity index (χ1v) is 8.20. The SMILES string of the molecule is O=C(COc1ccccc1Br)N/N=C/c1cccc2ccccc12. The lowest BCUT2D eigenvalue weighted by Crippen LogP contribution is -2.24. The van der Waals surface area contributed by atoms with E-state index < -0.39 is 0 Å². The number of rotatable bonds is 5. The number of halogens is 1. The van der Waals surface area contributed by atoms with Gasteiger partial charge in [-0.3, -0.25) is 4.79 Å². The van der Waals surface area contributed by atoms with Crippen LogP contribution in [0.3, 0.4) is 0 Å². The van der Waals surface area contributed by atoms with E-state index in [9.17, 15) is 4.79 Å². The first-order chi connectivity index (χ1) is 11.7. The maximum absolute atomic E-state index is 11.8. The maximum Gasteiger partial charge on any atom is 0.277 e. The Hall–Kier alpha value is -2.66. The van der Waals surface area contributed by atoms with Crippen LogP contribution < -0.4 is 10.2 Å². The van der Waals surface area contributed by atoms with E-state index in [4.69, 9.17) is 4.74 Å². The third-order valence-electron chi connectivity index (χ3n) is 3.41. The molecule has 0 aliphatic rings. The summed E-state index contributed by atoms with van der Waals surface area (Å²) < 4.78 is 6.24. The minimum absolute atomic E-state index is 0.102. The van der Waals surface area contributed by atoms with Gasteiger partial charge in [0.25, 0.3) is 5.91 Å². The van der Waals surface area contributed by atoms with Crippen LogP contribution in [0.1, 0.15) is 5.56 Å². The Bertz CT molecular complexity index is 888. The Labute approximate surface area is 148 Å². The highest BCUT2D eigenvalue weighted by Crippen LogP contribution is 2.23. The topological polar surface area (TPSA) is 50.7 Å². The largest absolute Gasteiger partial charge is 0.483 e. The van der Waals surface area contributed by atoms with E-state index in [1.54, 1.807) is 12.3 Å². The fraction of sp³-hybridized carbons (Fsp3) is 0.0526. The van der Waals surface area contributed by atoms with Crippen LogP contribution in [-0.4, -0.2) is 18.7 Å². The van der Waals surface area contributed by atoms with E-state index in [0.717, 1.165) is 20.8 Å². The smallest absolute Gasteiger partial charge is 0.277 e. The number of benzene rings is 3. The third kappa shape index (κ3) is 4.00. The van der Waals surface area contributed by atoms with Crippen LogP contribution >= 0.6 is 15.9 Å². The van der Waals surface area contributed by atoms with Gasteiger partial charge in [-0.15, -0.1) is 0 Å². The molecular weight excluding hydrogens is 368 g/mol. The van der Waals surface area contributed by atoms with Crippen molar-refractivity contribution in [2.75, 3.05) is 6.61 Å². The minimum atomic E-state index is -0.317. The van der Waals surface area contributed by atoms with Gasteiger partial charge in [-0.1, -0.05) is 54.6 Å². The van der Waals surface area contributed by atoms with Gasteiger partial charge < -0.3 is 4.74 Å². The molecule has 0 unspecified atom stereocenters. The summed E-state index contributed by atoms with van der Waals surface area (Å²) in [5.41, 5.74) is 3.42. The molecule has 3 aromatic rings. The monoisotopic (exact) mass is 382 g/mol. The molecule has 0 saturated carbocycles. The second-order valence-corrected chi connectivity index (χ2v) is 5.93. The molecule has 0 saturated heterocycles. The minimum Gasteiger partial charge on any atom is -0.483 e. The molecule has 3 rings (SSSR count). The molecule has 1 N–H and O–H groups in total. The van der Waals surface area contributed by atoms with Crippen LogP contribution in [0.4, 0.5) is 0 Å². The summed E-state index contributed by atoms with van der Waals surface area (Å²) in [6.45, 7) is -0.102. The van der Waals surface area contributed by atoms with E-state index in [1.165, 1.54) is 0 Å². The second-order valence-electron chi connectivity index (χ2n) is 5.08. The normalized spacial score (nSPS) is 10.9. The van der Waals surface area contributed by atoms with Crippen molar-refractivity contribution in [3.63, 3.8) is 0 Å². The van der Waals surface area contributed by atoms with Crippen molar-refractivity contribution in [2.24, 2.45) is 5.10 Å². The number of nitrogens with one attached hydrogen (secondary N) is 1. The van der Waals surface area contributed by atoms with Gasteiger partial charge >= 0.3 is 0 Å². The number of para-hydroxylation sites is 1. The zero-order valence-corrected chi connectivity index (χ0v) is 14.4. The van der Waals surface area contributed by atoms with Gasteiger partial charge in [-0.2, -0.15) is 5.10 Å². The summed E-state index contributed by atoms with van der Waals surface area (Å²) in [6, 6.07) is 21.3. The summed E-state index contributed by atoms with van der Waals surface area (Å²) in [4.78, 5) is 11.8. The number of carbonyl (C=O) groups excluding carboxylic acids is 1. The van der Waals surface area contributed by atoms with Crippen molar-refractivity contribution >= 4 is 38.8 Å². The van der Waals surface area contributed by atoms with Crippen LogP contribution in [0, 0.1) is 0 Å². The molecule has 0 aliphatic carbocycles. The zero-order valence-electron chi connectivity index (χ0n) is 12.8. The molecular formula is C19H15BrN2O2. The summed E-state index contributed by atoms with van der Waals surface area (Å²) in [5, 5.41) is 6.23. The molecule has 120 valence electrons. The summed E-state index contributed by atoms with van der Waals surface area (Å²) in [7, 11) is 0. The van der Waals surface area contributed by atoms with Gasteiger partial charge in [0.05, 0.1) is 10.7 Å². The summed E-state index contributed by atoms with van der Waals surface area (Å²) >= 11 is 3.37. The zero-order chi connectivity index (χ0) is 16.8. The van der Waals surface area contributed by atoms with Gasteiger partial charge in [0, 0.05) is 5.56 Å². The van der Waals surface area contributed by atoms with Gasteiger partial charge in [0.2, 0.25) is 0 Å². The number of amides is 1. The number of hydrogen-bond acceptors (Lipinski definition) is 3. The molecule has 0 heterocycles. The number of carbonyl (C=O) groups is 1. The Kier molecular flexibility index (Phi) is 5.23. The molecule has 0 spiro atoms. The van der Waals surface area contributed by atoms with E-state index in [-0.39, 0.29) is 12.5 Å². The Morgan fingerprint density at radius 2 is 1.79 bits per heavy atom. The highest BCUT2D eigenvalue weighted by atomic mass is 79.9. The van der Waals surface area contributed by atoms with Gasteiger partial charge in [0.15, 0.2) is 6.61 Å². The fourth-order valence-electron chi connectivity index (χ4n) is 2.27. The lowest BCUT2D eigenvalue weighted by Gasteiger charge is -2.06. The number of fused-ring (bicyclic) bond motifs is 1. The molecule has 0 radical (unpaired) electrons. The van der Waals surface area contributed by atoms with Gasteiger partial charge in [-0.05, 0) is 38.8 Å². The number of nitrogens with zero attached hydrogens (tertiary/aromatic N) is 1. The van der Waals surface area contributed by atoms with Crippen molar-refractivity contribution in [1.29, 1.82) is 0 Å². The number of hydrogen-bond donors (Lipinski definition) is 1. The van der Waals surface area contributed by atoms with Crippen LogP contribution in [-0.2, 0) is 4.79 Å². The van der Waals surface area contributed by atoms with Crippen LogP contribution in [0.25, 0.3) is 10.8 Å². The van der Waals surface area contributed by atoms with Gasteiger partial charge in [0.1, 0.15) is 5.75 Å². The number of hydrazone groups is 1. The van der Waals surface area contributed by atoms with Crippen molar-refractivity contribution in [1.82, 2.24) is 5.43 Å². The lowest BCUT2D eigenvalue weighted by atomic mass is 10.1. The second kappa shape index (κ2) is 7.75. The standard InChI is InChI=1S/C19H15BrN2O2/c20-17-10-3-4-11-18(17)24-13-19(23)22-21-12-15-8-5-7-14-6-1-2-9-16(14)15/h1-12H,13H2,(H,22,23)/b21-12+. The number of ether oxygens (including phenoxy) is 1. The Morgan fingerprint density at radius 3 is 2.67 bits per heavy atom. The van der Waals surface area contributed by atoms with Crippen LogP contribution in [0.2, 0.25) is 0 Å². The van der Waals surface area contributed by atoms with E-state index >= 15 is 0 Å². The predicted octanol–water partition coefficient (Wildman–Crippen LogP) is 4.13. The van der Waals surface area contributed by atoms with Crippen molar-refractivity contribution in [3.8, 4) is 5.75 Å². The highest BCUT2D eigenvalue weighted by molar-refractivity contribution is 9.10. The third-order valence-corrected chi connectivity index (χ3v) is 4.07. The van der Waals surface area contributed by atoms with Crippen LogP contribution in [0.5, 0.6) is 5.75 Å². The molecule has 1 amide bonds. The lowest BCUT2D eigenvalue weighted by molar-refractivity contribution is -0.123. The molecule has 0 aromatic heterocycles. The molecule has 0 bridgehead atoms. The van der Waals surface area contributed by atoms with Gasteiger partial charge in [-0.25, -0.2) is 5.43 Å². The van der Waals surface area contributed by atoms with E-state index in [1.807, 2.05) is 60.7 Å². The fourth-order valence-corrected chi connectivity index (χ4v) is 2.67. The van der Waals surface area contributed by atoms with E-state index in [2.05, 4.69) is 26.5 Å². The quantitative estimate of drug-likeness (QED) is 0.532. The molecule has 4 nitrogen and oxygen atoms in total. The Morgan fingerprint density at radius 1 is 1.04 bits per heavy atom. The molecule has 3 aromatic carbocycles. The summed E-state index contributed by atoms with van der Waals surface area (Å²) in [6.07, 6.45) is 1.64.